The summed E-state index contributed by atoms with van der Waals surface area (Å²) in [5, 5.41) is 0. The molecule has 0 radical (unpaired) electrons. The quantitative estimate of drug-likeness (QED) is 0.926. The van der Waals surface area contributed by atoms with Gasteiger partial charge in [-0.3, -0.25) is 4.90 Å². The first-order valence-electron chi connectivity index (χ1n) is 6.73. The molecule has 0 bridgehead atoms. The smallest absolute Gasteiger partial charge is 0.406 e. The molecule has 1 aromatic carbocycles. The lowest BCUT2D eigenvalue weighted by Crippen LogP contribution is -2.35. The summed E-state index contributed by atoms with van der Waals surface area (Å²) < 4.78 is 40.4. The molecule has 2 rings (SSSR count). The number of nitrogens with two attached hydrogens (primary N) is 1. The van der Waals surface area contributed by atoms with Crippen molar-refractivity contribution in [2.45, 2.75) is 25.7 Å². The third-order valence-electron chi connectivity index (χ3n) is 3.58. The molecule has 3 nitrogen and oxygen atoms in total. The molecule has 1 aliphatic rings. The van der Waals surface area contributed by atoms with Gasteiger partial charge in [0.2, 0.25) is 0 Å². The van der Waals surface area contributed by atoms with Crippen molar-refractivity contribution in [3.63, 3.8) is 0 Å². The summed E-state index contributed by atoms with van der Waals surface area (Å²) in [6.45, 7) is 3.23. The van der Waals surface area contributed by atoms with Crippen molar-refractivity contribution >= 4 is 0 Å². The fourth-order valence-corrected chi connectivity index (χ4v) is 2.48. The minimum absolute atomic E-state index is 0.160. The second-order valence-corrected chi connectivity index (χ2v) is 5.15. The molecule has 1 aromatic rings. The molecule has 1 aliphatic heterocycles. The monoisotopic (exact) mass is 288 g/mol. The van der Waals surface area contributed by atoms with Crippen LogP contribution in [0.15, 0.2) is 24.3 Å². The predicted octanol–water partition coefficient (Wildman–Crippen LogP) is 2.76. The van der Waals surface area contributed by atoms with E-state index in [1.54, 1.807) is 6.07 Å². The molecule has 0 amide bonds. The highest BCUT2D eigenvalue weighted by molar-refractivity contribution is 5.28. The summed E-state index contributed by atoms with van der Waals surface area (Å²) in [5.74, 6) is 0.415. The SMILES string of the molecule is NCC1CCN(Cc2cccc(OC(F)(F)F)c2)CC1. The highest BCUT2D eigenvalue weighted by atomic mass is 19.4. The molecule has 20 heavy (non-hydrogen) atoms. The van der Waals surface area contributed by atoms with E-state index >= 15 is 0 Å². The number of ether oxygens (including phenoxy) is 1. The number of rotatable bonds is 4. The van der Waals surface area contributed by atoms with Crippen molar-refractivity contribution in [3.8, 4) is 5.75 Å². The van der Waals surface area contributed by atoms with Crippen LogP contribution in [0.25, 0.3) is 0 Å². The van der Waals surface area contributed by atoms with Gasteiger partial charge in [-0.2, -0.15) is 0 Å². The van der Waals surface area contributed by atoms with Gasteiger partial charge in [-0.1, -0.05) is 12.1 Å². The van der Waals surface area contributed by atoms with E-state index in [1.807, 2.05) is 6.07 Å². The van der Waals surface area contributed by atoms with Crippen LogP contribution in [0.5, 0.6) is 5.75 Å². The predicted molar refractivity (Wildman–Crippen MR) is 70.2 cm³/mol. The number of nitrogens with zero attached hydrogens (tertiary/aromatic N) is 1. The van der Waals surface area contributed by atoms with E-state index in [-0.39, 0.29) is 5.75 Å². The van der Waals surface area contributed by atoms with E-state index < -0.39 is 6.36 Å². The molecule has 1 heterocycles. The van der Waals surface area contributed by atoms with Crippen LogP contribution in [-0.2, 0) is 6.54 Å². The first-order valence-corrected chi connectivity index (χ1v) is 6.73. The lowest BCUT2D eigenvalue weighted by atomic mass is 9.97. The van der Waals surface area contributed by atoms with Gasteiger partial charge in [0, 0.05) is 6.54 Å². The number of piperidine rings is 1. The van der Waals surface area contributed by atoms with Crippen molar-refractivity contribution in [2.24, 2.45) is 11.7 Å². The molecular formula is C14H19F3N2O. The Bertz CT molecular complexity index is 429. The highest BCUT2D eigenvalue weighted by Gasteiger charge is 2.31. The second kappa shape index (κ2) is 6.45. The molecule has 6 heteroatoms. The second-order valence-electron chi connectivity index (χ2n) is 5.15. The van der Waals surface area contributed by atoms with Crippen molar-refractivity contribution < 1.29 is 17.9 Å². The summed E-state index contributed by atoms with van der Waals surface area (Å²) >= 11 is 0. The van der Waals surface area contributed by atoms with Crippen LogP contribution in [0, 0.1) is 5.92 Å². The van der Waals surface area contributed by atoms with Crippen LogP contribution in [0.3, 0.4) is 0 Å². The minimum Gasteiger partial charge on any atom is -0.406 e. The van der Waals surface area contributed by atoms with Crippen molar-refractivity contribution in [1.29, 1.82) is 0 Å². The maximum Gasteiger partial charge on any atom is 0.573 e. The Kier molecular flexibility index (Phi) is 4.88. The van der Waals surface area contributed by atoms with Crippen molar-refractivity contribution in [2.75, 3.05) is 19.6 Å². The lowest BCUT2D eigenvalue weighted by molar-refractivity contribution is -0.274. The fraction of sp³-hybridized carbons (Fsp3) is 0.571. The zero-order valence-electron chi connectivity index (χ0n) is 11.2. The van der Waals surface area contributed by atoms with Crippen LogP contribution < -0.4 is 10.5 Å². The average Bonchev–Trinajstić information content (AvgIpc) is 2.38. The molecule has 0 unspecified atom stereocenters. The number of hydrogen-bond acceptors (Lipinski definition) is 3. The van der Waals surface area contributed by atoms with Gasteiger partial charge in [0.1, 0.15) is 5.75 Å². The molecule has 0 saturated carbocycles. The Hall–Kier alpha value is -1.27. The summed E-state index contributed by atoms with van der Waals surface area (Å²) in [5.41, 5.74) is 6.47. The number of hydrogen-bond donors (Lipinski definition) is 1. The van der Waals surface area contributed by atoms with E-state index in [0.29, 0.717) is 19.0 Å². The Balaban J connectivity index is 1.92. The molecule has 0 atom stereocenters. The van der Waals surface area contributed by atoms with Crippen LogP contribution in [0.2, 0.25) is 0 Å². The van der Waals surface area contributed by atoms with Gasteiger partial charge in [-0.15, -0.1) is 13.2 Å². The molecule has 2 N–H and O–H groups in total. The van der Waals surface area contributed by atoms with E-state index in [1.165, 1.54) is 12.1 Å². The minimum atomic E-state index is -4.64. The number of halogens is 3. The average molecular weight is 288 g/mol. The summed E-state index contributed by atoms with van der Waals surface area (Å²) in [7, 11) is 0. The lowest BCUT2D eigenvalue weighted by Gasteiger charge is -2.31. The Morgan fingerprint density at radius 3 is 2.55 bits per heavy atom. The maximum atomic E-state index is 12.2. The van der Waals surface area contributed by atoms with E-state index in [2.05, 4.69) is 9.64 Å². The fourth-order valence-electron chi connectivity index (χ4n) is 2.48. The van der Waals surface area contributed by atoms with Crippen LogP contribution >= 0.6 is 0 Å². The number of alkyl halides is 3. The van der Waals surface area contributed by atoms with Gasteiger partial charge in [-0.25, -0.2) is 0 Å². The van der Waals surface area contributed by atoms with Gasteiger partial charge in [-0.05, 0) is 56.1 Å². The third-order valence-corrected chi connectivity index (χ3v) is 3.58. The Labute approximate surface area is 116 Å². The topological polar surface area (TPSA) is 38.5 Å². The molecule has 0 aliphatic carbocycles. The molecule has 0 spiro atoms. The standard InChI is InChI=1S/C14H19F3N2O/c15-14(16,17)20-13-3-1-2-12(8-13)10-19-6-4-11(9-18)5-7-19/h1-3,8,11H,4-7,9-10,18H2. The molecular weight excluding hydrogens is 269 g/mol. The first kappa shape index (κ1) is 15.1. The number of benzene rings is 1. The zero-order valence-corrected chi connectivity index (χ0v) is 11.2. The van der Waals surface area contributed by atoms with Gasteiger partial charge in [0.05, 0.1) is 0 Å². The molecule has 112 valence electrons. The van der Waals surface area contributed by atoms with Crippen molar-refractivity contribution in [1.82, 2.24) is 4.90 Å². The van der Waals surface area contributed by atoms with E-state index in [0.717, 1.165) is 31.5 Å². The number of likely N-dealkylation sites (tertiary alicyclic amines) is 1. The van der Waals surface area contributed by atoms with Crippen LogP contribution in [-0.4, -0.2) is 30.9 Å². The van der Waals surface area contributed by atoms with Gasteiger partial charge in [0.15, 0.2) is 0 Å². The third kappa shape index (κ3) is 4.68. The maximum absolute atomic E-state index is 12.2. The highest BCUT2D eigenvalue weighted by Crippen LogP contribution is 2.24. The normalized spacial score (nSPS) is 18.2. The van der Waals surface area contributed by atoms with Crippen LogP contribution in [0.1, 0.15) is 18.4 Å². The summed E-state index contributed by atoms with van der Waals surface area (Å²) in [4.78, 5) is 2.23. The van der Waals surface area contributed by atoms with Crippen LogP contribution in [0.4, 0.5) is 13.2 Å². The zero-order chi connectivity index (χ0) is 14.6. The Morgan fingerprint density at radius 2 is 1.95 bits per heavy atom. The van der Waals surface area contributed by atoms with Gasteiger partial charge >= 0.3 is 6.36 Å². The van der Waals surface area contributed by atoms with Crippen molar-refractivity contribution in [3.05, 3.63) is 29.8 Å². The van der Waals surface area contributed by atoms with Gasteiger partial charge in [0.25, 0.3) is 0 Å². The molecule has 0 aromatic heterocycles. The summed E-state index contributed by atoms with van der Waals surface area (Å²) in [6.07, 6.45) is -2.54. The Morgan fingerprint density at radius 1 is 1.25 bits per heavy atom. The van der Waals surface area contributed by atoms with Gasteiger partial charge < -0.3 is 10.5 Å². The largest absolute Gasteiger partial charge is 0.573 e. The summed E-state index contributed by atoms with van der Waals surface area (Å²) in [6, 6.07) is 6.17. The molecule has 1 fully saturated rings. The molecule has 1 saturated heterocycles. The van der Waals surface area contributed by atoms with E-state index in [4.69, 9.17) is 5.73 Å². The first-order chi connectivity index (χ1) is 9.46. The van der Waals surface area contributed by atoms with E-state index in [9.17, 15) is 13.2 Å².